The molecule has 0 N–H and O–H groups in total. The molecule has 1 aliphatic heterocycles. The van der Waals surface area contributed by atoms with Crippen molar-refractivity contribution in [2.45, 2.75) is 12.8 Å². The summed E-state index contributed by atoms with van der Waals surface area (Å²) in [6.07, 6.45) is 5.04. The maximum absolute atomic E-state index is 11.7. The second-order valence-electron chi connectivity index (χ2n) is 4.11. The highest BCUT2D eigenvalue weighted by Gasteiger charge is 2.22. The molecule has 1 heterocycles. The molecule has 1 saturated heterocycles. The Labute approximate surface area is 101 Å². The van der Waals surface area contributed by atoms with Gasteiger partial charge in [0.15, 0.2) is 0 Å². The summed E-state index contributed by atoms with van der Waals surface area (Å²) in [4.78, 5) is 24.9. The standard InChI is InChI=1S/C14H15NO2/c16-13(14(17)15-10-4-5-11-15)9-8-12-6-2-1-3-7-12/h1-3,6-9H,4-5,10-11H2. The topological polar surface area (TPSA) is 37.4 Å². The highest BCUT2D eigenvalue weighted by atomic mass is 16.2. The van der Waals surface area contributed by atoms with Gasteiger partial charge >= 0.3 is 0 Å². The zero-order valence-corrected chi connectivity index (χ0v) is 9.63. The molecule has 3 heteroatoms. The van der Waals surface area contributed by atoms with E-state index < -0.39 is 5.78 Å². The van der Waals surface area contributed by atoms with E-state index in [0.717, 1.165) is 18.4 Å². The van der Waals surface area contributed by atoms with Crippen LogP contribution in [-0.4, -0.2) is 29.7 Å². The number of ketones is 1. The zero-order valence-electron chi connectivity index (χ0n) is 9.63. The average Bonchev–Trinajstić information content (AvgIpc) is 2.90. The van der Waals surface area contributed by atoms with E-state index in [2.05, 4.69) is 0 Å². The van der Waals surface area contributed by atoms with Gasteiger partial charge in [0.1, 0.15) is 0 Å². The normalized spacial score (nSPS) is 15.4. The molecule has 1 aromatic carbocycles. The quantitative estimate of drug-likeness (QED) is 0.586. The summed E-state index contributed by atoms with van der Waals surface area (Å²) in [5, 5.41) is 0. The summed E-state index contributed by atoms with van der Waals surface area (Å²) in [7, 11) is 0. The molecule has 88 valence electrons. The Morgan fingerprint density at radius 1 is 1.06 bits per heavy atom. The Morgan fingerprint density at radius 3 is 2.35 bits per heavy atom. The molecule has 0 saturated carbocycles. The second-order valence-corrected chi connectivity index (χ2v) is 4.11. The van der Waals surface area contributed by atoms with Crippen molar-refractivity contribution in [2.75, 3.05) is 13.1 Å². The highest BCUT2D eigenvalue weighted by Crippen LogP contribution is 2.08. The lowest BCUT2D eigenvalue weighted by Gasteiger charge is -2.12. The summed E-state index contributed by atoms with van der Waals surface area (Å²) in [6.45, 7) is 1.42. The molecular formula is C14H15NO2. The van der Waals surface area contributed by atoms with E-state index in [-0.39, 0.29) is 5.91 Å². The van der Waals surface area contributed by atoms with Gasteiger partial charge in [-0.15, -0.1) is 0 Å². The third-order valence-electron chi connectivity index (χ3n) is 2.83. The Balaban J connectivity index is 1.97. The molecule has 0 radical (unpaired) electrons. The first-order valence-corrected chi connectivity index (χ1v) is 5.84. The minimum Gasteiger partial charge on any atom is -0.336 e. The van der Waals surface area contributed by atoms with Gasteiger partial charge in [0.2, 0.25) is 5.78 Å². The number of benzene rings is 1. The molecular weight excluding hydrogens is 214 g/mol. The molecule has 0 aromatic heterocycles. The number of nitrogens with zero attached hydrogens (tertiary/aromatic N) is 1. The van der Waals surface area contributed by atoms with Crippen LogP contribution in [0, 0.1) is 0 Å². The zero-order chi connectivity index (χ0) is 12.1. The van der Waals surface area contributed by atoms with Crippen molar-refractivity contribution in [1.29, 1.82) is 0 Å². The molecule has 17 heavy (non-hydrogen) atoms. The number of hydrogen-bond acceptors (Lipinski definition) is 2. The van der Waals surface area contributed by atoms with Crippen LogP contribution in [0.3, 0.4) is 0 Å². The van der Waals surface area contributed by atoms with Crippen molar-refractivity contribution in [3.8, 4) is 0 Å². The number of amides is 1. The van der Waals surface area contributed by atoms with E-state index in [1.165, 1.54) is 6.08 Å². The van der Waals surface area contributed by atoms with Crippen LogP contribution >= 0.6 is 0 Å². The van der Waals surface area contributed by atoms with E-state index in [0.29, 0.717) is 13.1 Å². The van der Waals surface area contributed by atoms with E-state index in [1.54, 1.807) is 11.0 Å². The number of rotatable bonds is 3. The minimum absolute atomic E-state index is 0.380. The van der Waals surface area contributed by atoms with Crippen LogP contribution in [0.5, 0.6) is 0 Å². The van der Waals surface area contributed by atoms with Crippen LogP contribution < -0.4 is 0 Å². The van der Waals surface area contributed by atoms with Crippen molar-refractivity contribution in [1.82, 2.24) is 4.90 Å². The van der Waals surface area contributed by atoms with Gasteiger partial charge in [0, 0.05) is 13.1 Å². The summed E-state index contributed by atoms with van der Waals surface area (Å²) >= 11 is 0. The van der Waals surface area contributed by atoms with Gasteiger partial charge in [-0.05, 0) is 24.5 Å². The van der Waals surface area contributed by atoms with Crippen molar-refractivity contribution in [3.63, 3.8) is 0 Å². The summed E-state index contributed by atoms with van der Waals surface area (Å²) in [6, 6.07) is 9.49. The first-order valence-electron chi connectivity index (χ1n) is 5.84. The number of hydrogen-bond donors (Lipinski definition) is 0. The molecule has 0 bridgehead atoms. The minimum atomic E-state index is -0.434. The predicted molar refractivity (Wildman–Crippen MR) is 66.3 cm³/mol. The van der Waals surface area contributed by atoms with E-state index in [9.17, 15) is 9.59 Å². The molecule has 0 atom stereocenters. The lowest BCUT2D eigenvalue weighted by Crippen LogP contribution is -2.33. The Kier molecular flexibility index (Phi) is 3.70. The molecule has 1 aliphatic rings. The van der Waals surface area contributed by atoms with E-state index in [1.807, 2.05) is 30.3 Å². The van der Waals surface area contributed by atoms with E-state index >= 15 is 0 Å². The van der Waals surface area contributed by atoms with Crippen molar-refractivity contribution < 1.29 is 9.59 Å². The summed E-state index contributed by atoms with van der Waals surface area (Å²) in [5.41, 5.74) is 0.926. The van der Waals surface area contributed by atoms with Gasteiger partial charge < -0.3 is 4.90 Å². The number of carbonyl (C=O) groups is 2. The van der Waals surface area contributed by atoms with Crippen LogP contribution in [0.2, 0.25) is 0 Å². The molecule has 1 aromatic rings. The maximum Gasteiger partial charge on any atom is 0.294 e. The fourth-order valence-corrected chi connectivity index (χ4v) is 1.88. The second kappa shape index (κ2) is 5.43. The fraction of sp³-hybridized carbons (Fsp3) is 0.286. The van der Waals surface area contributed by atoms with Crippen LogP contribution in [0.15, 0.2) is 36.4 Å². The van der Waals surface area contributed by atoms with Gasteiger partial charge in [0.05, 0.1) is 0 Å². The summed E-state index contributed by atoms with van der Waals surface area (Å²) < 4.78 is 0. The lowest BCUT2D eigenvalue weighted by atomic mass is 10.2. The van der Waals surface area contributed by atoms with Gasteiger partial charge in [-0.25, -0.2) is 0 Å². The van der Waals surface area contributed by atoms with Crippen molar-refractivity contribution >= 4 is 17.8 Å². The third-order valence-corrected chi connectivity index (χ3v) is 2.83. The first-order chi connectivity index (χ1) is 8.27. The lowest BCUT2D eigenvalue weighted by molar-refractivity contribution is -0.141. The monoisotopic (exact) mass is 229 g/mol. The Hall–Kier alpha value is -1.90. The molecule has 0 unspecified atom stereocenters. The molecule has 0 spiro atoms. The number of likely N-dealkylation sites (tertiary alicyclic amines) is 1. The largest absolute Gasteiger partial charge is 0.336 e. The highest BCUT2D eigenvalue weighted by molar-refractivity contribution is 6.41. The first kappa shape index (κ1) is 11.6. The van der Waals surface area contributed by atoms with Crippen LogP contribution in [-0.2, 0) is 9.59 Å². The molecule has 1 fully saturated rings. The van der Waals surface area contributed by atoms with Crippen molar-refractivity contribution in [2.24, 2.45) is 0 Å². The van der Waals surface area contributed by atoms with Crippen LogP contribution in [0.1, 0.15) is 18.4 Å². The van der Waals surface area contributed by atoms with Gasteiger partial charge in [-0.3, -0.25) is 9.59 Å². The van der Waals surface area contributed by atoms with Gasteiger partial charge in [-0.1, -0.05) is 36.4 Å². The van der Waals surface area contributed by atoms with Gasteiger partial charge in [-0.2, -0.15) is 0 Å². The molecule has 3 nitrogen and oxygen atoms in total. The average molecular weight is 229 g/mol. The Morgan fingerprint density at radius 2 is 1.71 bits per heavy atom. The number of carbonyl (C=O) groups excluding carboxylic acids is 2. The fourth-order valence-electron chi connectivity index (χ4n) is 1.88. The van der Waals surface area contributed by atoms with E-state index in [4.69, 9.17) is 0 Å². The molecule has 2 rings (SSSR count). The maximum atomic E-state index is 11.7. The van der Waals surface area contributed by atoms with Crippen molar-refractivity contribution in [3.05, 3.63) is 42.0 Å². The SMILES string of the molecule is O=C(C=Cc1ccccc1)C(=O)N1CCCC1. The smallest absolute Gasteiger partial charge is 0.294 e. The van der Waals surface area contributed by atoms with Gasteiger partial charge in [0.25, 0.3) is 5.91 Å². The third kappa shape index (κ3) is 3.03. The van der Waals surface area contributed by atoms with Crippen LogP contribution in [0.25, 0.3) is 6.08 Å². The molecule has 0 aliphatic carbocycles. The Bertz CT molecular complexity index is 431. The summed E-state index contributed by atoms with van der Waals surface area (Å²) in [5.74, 6) is -0.814. The molecule has 1 amide bonds. The predicted octanol–water partition coefficient (Wildman–Crippen LogP) is 1.89. The van der Waals surface area contributed by atoms with Crippen LogP contribution in [0.4, 0.5) is 0 Å².